The number of unbranched alkanes of at least 4 members (excludes halogenated alkanes) is 49. The first-order chi connectivity index (χ1) is 38.5. The number of allylic oxidation sites excluding steroid dienone is 6. The maximum absolute atomic E-state index is 12.4. The van der Waals surface area contributed by atoms with E-state index >= 15 is 0 Å². The van der Waals surface area contributed by atoms with Crippen LogP contribution in [0.15, 0.2) is 36.5 Å². The lowest BCUT2D eigenvalue weighted by molar-refractivity contribution is -0.143. The zero-order valence-corrected chi connectivity index (χ0v) is 52.7. The summed E-state index contributed by atoms with van der Waals surface area (Å²) in [4.78, 5) is 24.5. The number of hydrogen-bond acceptors (Lipinski definition) is 5. The standard InChI is InChI=1S/C72H137NO5/c1-3-5-7-9-11-13-14-42-46-50-54-58-62-66-72(77)78-67-63-59-55-51-47-44-41-39-37-35-33-31-29-27-25-23-21-19-17-15-16-18-20-22-24-26-28-30-32-34-36-38-40-43-45-49-53-57-61-65-71(76)73-69(68-74)70(75)64-60-56-52-48-12-10-8-6-4-2/h7,9,13-16,69-70,74-75H,3-6,8,10-12,17-68H2,1-2H3,(H,73,76)/b9-7-,14-13-,16-15-. The van der Waals surface area contributed by atoms with Gasteiger partial charge in [-0.3, -0.25) is 9.59 Å². The molecule has 0 radical (unpaired) electrons. The molecule has 0 aromatic heterocycles. The Morgan fingerprint density at radius 2 is 0.667 bits per heavy atom. The molecule has 0 saturated carbocycles. The van der Waals surface area contributed by atoms with Gasteiger partial charge in [-0.05, 0) is 77.0 Å². The van der Waals surface area contributed by atoms with Crippen molar-refractivity contribution in [3.8, 4) is 0 Å². The van der Waals surface area contributed by atoms with Gasteiger partial charge < -0.3 is 20.3 Å². The third-order valence-corrected chi connectivity index (χ3v) is 16.4. The van der Waals surface area contributed by atoms with Gasteiger partial charge in [-0.1, -0.05) is 333 Å². The summed E-state index contributed by atoms with van der Waals surface area (Å²) in [6, 6.07) is -0.535. The number of aliphatic hydroxyl groups is 2. The molecule has 0 aliphatic rings. The molecule has 0 heterocycles. The molecule has 6 heteroatoms. The van der Waals surface area contributed by atoms with E-state index < -0.39 is 12.1 Å². The van der Waals surface area contributed by atoms with Crippen molar-refractivity contribution in [1.29, 1.82) is 0 Å². The molecule has 1 amide bonds. The topological polar surface area (TPSA) is 95.9 Å². The summed E-state index contributed by atoms with van der Waals surface area (Å²) in [5, 5.41) is 23.1. The molecule has 0 aromatic rings. The second-order valence-corrected chi connectivity index (χ2v) is 24.2. The number of nitrogens with one attached hydrogen (secondary N) is 1. The van der Waals surface area contributed by atoms with E-state index in [0.29, 0.717) is 25.9 Å². The van der Waals surface area contributed by atoms with Crippen molar-refractivity contribution >= 4 is 11.9 Å². The quantitative estimate of drug-likeness (QED) is 0.0320. The van der Waals surface area contributed by atoms with Gasteiger partial charge in [-0.25, -0.2) is 0 Å². The van der Waals surface area contributed by atoms with Crippen molar-refractivity contribution < 1.29 is 24.5 Å². The van der Waals surface area contributed by atoms with Gasteiger partial charge in [0.2, 0.25) is 5.91 Å². The van der Waals surface area contributed by atoms with Crippen LogP contribution < -0.4 is 5.32 Å². The summed E-state index contributed by atoms with van der Waals surface area (Å²) in [6.45, 7) is 4.89. The van der Waals surface area contributed by atoms with Gasteiger partial charge in [0, 0.05) is 12.8 Å². The molecule has 460 valence electrons. The molecule has 0 saturated heterocycles. The molecular formula is C72H137NO5. The van der Waals surface area contributed by atoms with Crippen LogP contribution in [0.1, 0.15) is 386 Å². The Morgan fingerprint density at radius 1 is 0.359 bits per heavy atom. The Hall–Kier alpha value is -1.92. The first-order valence-electron chi connectivity index (χ1n) is 35.2. The van der Waals surface area contributed by atoms with Crippen molar-refractivity contribution in [2.24, 2.45) is 0 Å². The lowest BCUT2D eigenvalue weighted by Crippen LogP contribution is -2.45. The lowest BCUT2D eigenvalue weighted by Gasteiger charge is -2.22. The van der Waals surface area contributed by atoms with Crippen molar-refractivity contribution in [3.05, 3.63) is 36.5 Å². The fourth-order valence-corrected chi connectivity index (χ4v) is 11.0. The van der Waals surface area contributed by atoms with E-state index in [1.807, 2.05) is 0 Å². The number of ether oxygens (including phenoxy) is 1. The normalized spacial score (nSPS) is 12.7. The number of amides is 1. The average Bonchev–Trinajstić information content (AvgIpc) is 3.44. The van der Waals surface area contributed by atoms with Gasteiger partial charge in [0.15, 0.2) is 0 Å². The molecule has 0 aliphatic heterocycles. The van der Waals surface area contributed by atoms with Crippen LogP contribution in [-0.2, 0) is 14.3 Å². The molecule has 0 rings (SSSR count). The SMILES string of the molecule is CCC/C=C\C/C=C\CCCCCCCC(=O)OCCCCCCCCCCCCCCCCCCCC/C=C\CCCCCCCCCCCCCCCCCCCC(=O)NC(CO)C(O)CCCCCCCCCCC. The number of esters is 1. The number of carbonyl (C=O) groups excluding carboxylic acids is 2. The van der Waals surface area contributed by atoms with E-state index in [2.05, 4.69) is 55.6 Å². The summed E-state index contributed by atoms with van der Waals surface area (Å²) >= 11 is 0. The van der Waals surface area contributed by atoms with E-state index in [0.717, 1.165) is 51.4 Å². The van der Waals surface area contributed by atoms with Gasteiger partial charge in [-0.15, -0.1) is 0 Å². The number of rotatable bonds is 66. The maximum atomic E-state index is 12.4. The van der Waals surface area contributed by atoms with Gasteiger partial charge >= 0.3 is 5.97 Å². The zero-order chi connectivity index (χ0) is 56.4. The van der Waals surface area contributed by atoms with Gasteiger partial charge in [0.1, 0.15) is 0 Å². The molecule has 0 spiro atoms. The summed E-state index contributed by atoms with van der Waals surface area (Å²) in [7, 11) is 0. The molecule has 2 unspecified atom stereocenters. The van der Waals surface area contributed by atoms with Crippen molar-refractivity contribution in [2.45, 2.75) is 398 Å². The Labute approximate surface area is 487 Å². The van der Waals surface area contributed by atoms with Crippen LogP contribution >= 0.6 is 0 Å². The van der Waals surface area contributed by atoms with E-state index in [1.165, 1.54) is 302 Å². The zero-order valence-electron chi connectivity index (χ0n) is 52.7. The fraction of sp³-hybridized carbons (Fsp3) is 0.889. The first kappa shape index (κ1) is 76.1. The maximum Gasteiger partial charge on any atom is 0.305 e. The van der Waals surface area contributed by atoms with Crippen molar-refractivity contribution in [2.75, 3.05) is 13.2 Å². The Morgan fingerprint density at radius 3 is 1.04 bits per heavy atom. The summed E-state index contributed by atoms with van der Waals surface area (Å²) < 4.78 is 5.48. The van der Waals surface area contributed by atoms with E-state index in [4.69, 9.17) is 4.74 Å². The Bertz CT molecular complexity index is 1260. The van der Waals surface area contributed by atoms with Gasteiger partial charge in [0.25, 0.3) is 0 Å². The van der Waals surface area contributed by atoms with Crippen molar-refractivity contribution in [1.82, 2.24) is 5.32 Å². The fourth-order valence-electron chi connectivity index (χ4n) is 11.0. The molecule has 0 aliphatic carbocycles. The minimum absolute atomic E-state index is 0.00710. The molecular weight excluding hydrogens is 959 g/mol. The van der Waals surface area contributed by atoms with Crippen LogP contribution in [0, 0.1) is 0 Å². The largest absolute Gasteiger partial charge is 0.466 e. The molecule has 0 aromatic carbocycles. The summed E-state index contributed by atoms with van der Waals surface area (Å²) in [6.07, 6.45) is 86.6. The molecule has 3 N–H and O–H groups in total. The predicted octanol–water partition coefficient (Wildman–Crippen LogP) is 22.7. The highest BCUT2D eigenvalue weighted by Crippen LogP contribution is 2.19. The van der Waals surface area contributed by atoms with Crippen LogP contribution in [0.3, 0.4) is 0 Å². The van der Waals surface area contributed by atoms with Gasteiger partial charge in [0.05, 0.1) is 25.4 Å². The minimum atomic E-state index is -0.658. The van der Waals surface area contributed by atoms with E-state index in [-0.39, 0.29) is 18.5 Å². The molecule has 6 nitrogen and oxygen atoms in total. The second-order valence-electron chi connectivity index (χ2n) is 24.2. The van der Waals surface area contributed by atoms with Crippen LogP contribution in [0.5, 0.6) is 0 Å². The summed E-state index contributed by atoms with van der Waals surface area (Å²) in [5.41, 5.74) is 0. The number of hydrogen-bond donors (Lipinski definition) is 3. The lowest BCUT2D eigenvalue weighted by atomic mass is 10.0. The van der Waals surface area contributed by atoms with Crippen LogP contribution in [0.25, 0.3) is 0 Å². The molecule has 0 fully saturated rings. The number of aliphatic hydroxyl groups excluding tert-OH is 2. The molecule has 78 heavy (non-hydrogen) atoms. The molecule has 0 bridgehead atoms. The highest BCUT2D eigenvalue weighted by molar-refractivity contribution is 5.76. The predicted molar refractivity (Wildman–Crippen MR) is 343 cm³/mol. The third-order valence-electron chi connectivity index (χ3n) is 16.4. The van der Waals surface area contributed by atoms with Crippen LogP contribution in [-0.4, -0.2) is 47.4 Å². The minimum Gasteiger partial charge on any atom is -0.466 e. The summed E-state index contributed by atoms with van der Waals surface area (Å²) in [5.74, 6) is -0.0245. The monoisotopic (exact) mass is 1100 g/mol. The molecule has 2 atom stereocenters. The van der Waals surface area contributed by atoms with Crippen LogP contribution in [0.4, 0.5) is 0 Å². The first-order valence-corrected chi connectivity index (χ1v) is 35.2. The third kappa shape index (κ3) is 63.3. The average molecular weight is 1100 g/mol. The van der Waals surface area contributed by atoms with E-state index in [1.54, 1.807) is 0 Å². The van der Waals surface area contributed by atoms with Gasteiger partial charge in [-0.2, -0.15) is 0 Å². The second kappa shape index (κ2) is 67.6. The number of carbonyl (C=O) groups is 2. The van der Waals surface area contributed by atoms with Crippen molar-refractivity contribution in [3.63, 3.8) is 0 Å². The Balaban J connectivity index is 3.29. The van der Waals surface area contributed by atoms with Crippen LogP contribution in [0.2, 0.25) is 0 Å². The highest BCUT2D eigenvalue weighted by Gasteiger charge is 2.20. The van der Waals surface area contributed by atoms with E-state index in [9.17, 15) is 19.8 Å². The smallest absolute Gasteiger partial charge is 0.305 e. The Kier molecular flexibility index (Phi) is 65.9. The highest BCUT2D eigenvalue weighted by atomic mass is 16.5.